The third-order valence-electron chi connectivity index (χ3n) is 5.23. The van der Waals surface area contributed by atoms with Crippen molar-refractivity contribution in [2.24, 2.45) is 11.7 Å². The van der Waals surface area contributed by atoms with E-state index in [1.807, 2.05) is 0 Å². The zero-order valence-corrected chi connectivity index (χ0v) is 18.3. The fraction of sp³-hybridized carbons (Fsp3) is 0.304. The molecule has 2 atom stereocenters. The van der Waals surface area contributed by atoms with Gasteiger partial charge < -0.3 is 20.7 Å². The van der Waals surface area contributed by atoms with Crippen molar-refractivity contribution in [1.82, 2.24) is 4.90 Å². The second kappa shape index (κ2) is 10.3. The third kappa shape index (κ3) is 5.85. The molecule has 0 aliphatic carbocycles. The molecule has 0 spiro atoms. The quantitative estimate of drug-likeness (QED) is 0.646. The van der Waals surface area contributed by atoms with Crippen molar-refractivity contribution >= 4 is 41.0 Å². The first-order chi connectivity index (χ1) is 15.2. The summed E-state index contributed by atoms with van der Waals surface area (Å²) < 4.78 is 5.35. The number of nitrogens with one attached hydrogen (secondary N) is 1. The number of hydrogen-bond acceptors (Lipinski definition) is 5. The van der Waals surface area contributed by atoms with E-state index >= 15 is 0 Å². The average Bonchev–Trinajstić information content (AvgIpc) is 2.79. The molecule has 0 aromatic heterocycles. The maximum atomic E-state index is 12.7. The molecule has 1 fully saturated rings. The third-order valence-corrected chi connectivity index (χ3v) is 5.48. The zero-order valence-electron chi connectivity index (χ0n) is 17.5. The van der Waals surface area contributed by atoms with Crippen LogP contribution in [0.3, 0.4) is 0 Å². The number of likely N-dealkylation sites (tertiary alicyclic amines) is 1. The topological polar surface area (TPSA) is 119 Å². The van der Waals surface area contributed by atoms with Crippen LogP contribution in [0.1, 0.15) is 40.5 Å². The van der Waals surface area contributed by atoms with Crippen LogP contribution in [0, 0.1) is 5.92 Å². The van der Waals surface area contributed by atoms with Crippen molar-refractivity contribution in [3.63, 3.8) is 0 Å². The van der Waals surface area contributed by atoms with Gasteiger partial charge in [0.05, 0.1) is 5.92 Å². The van der Waals surface area contributed by atoms with Crippen molar-refractivity contribution < 1.29 is 23.9 Å². The van der Waals surface area contributed by atoms with E-state index in [1.54, 1.807) is 29.2 Å². The molecule has 168 valence electrons. The Morgan fingerprint density at radius 1 is 1.06 bits per heavy atom. The molecule has 1 aliphatic rings. The molecule has 2 aromatic rings. The maximum absolute atomic E-state index is 12.7. The average molecular weight is 458 g/mol. The van der Waals surface area contributed by atoms with Crippen molar-refractivity contribution in [3.05, 3.63) is 64.7 Å². The number of benzene rings is 2. The zero-order chi connectivity index (χ0) is 23.3. The molecule has 1 aliphatic heterocycles. The second-order valence-corrected chi connectivity index (χ2v) is 8.04. The number of carbonyl (C=O) groups is 4. The summed E-state index contributed by atoms with van der Waals surface area (Å²) in [5.74, 6) is -2.28. The van der Waals surface area contributed by atoms with E-state index in [0.717, 1.165) is 0 Å². The van der Waals surface area contributed by atoms with Gasteiger partial charge in [0, 0.05) is 34.9 Å². The lowest BCUT2D eigenvalue weighted by Crippen LogP contribution is -2.44. The van der Waals surface area contributed by atoms with Crippen LogP contribution in [0.2, 0.25) is 5.02 Å². The number of ether oxygens (including phenoxy) is 1. The molecule has 3 amide bonds. The summed E-state index contributed by atoms with van der Waals surface area (Å²) in [4.78, 5) is 50.5. The molecular formula is C23H24ClN3O5. The first-order valence-electron chi connectivity index (χ1n) is 10.2. The molecule has 1 heterocycles. The van der Waals surface area contributed by atoms with E-state index in [1.165, 1.54) is 31.2 Å². The van der Waals surface area contributed by atoms with E-state index < -0.39 is 29.8 Å². The van der Waals surface area contributed by atoms with E-state index in [-0.39, 0.29) is 12.5 Å². The minimum atomic E-state index is -1.03. The lowest BCUT2D eigenvalue weighted by molar-refractivity contribution is -0.158. The van der Waals surface area contributed by atoms with Crippen LogP contribution in [0.25, 0.3) is 0 Å². The Labute approximate surface area is 190 Å². The van der Waals surface area contributed by atoms with Crippen molar-refractivity contribution in [3.8, 4) is 0 Å². The van der Waals surface area contributed by atoms with E-state index in [9.17, 15) is 19.2 Å². The van der Waals surface area contributed by atoms with Gasteiger partial charge in [-0.3, -0.25) is 19.2 Å². The number of rotatable bonds is 6. The number of piperidine rings is 1. The van der Waals surface area contributed by atoms with Crippen LogP contribution in [-0.4, -0.2) is 47.8 Å². The summed E-state index contributed by atoms with van der Waals surface area (Å²) >= 11 is 5.87. The van der Waals surface area contributed by atoms with Gasteiger partial charge in [-0.2, -0.15) is 0 Å². The Bertz CT molecular complexity index is 1010. The Morgan fingerprint density at radius 2 is 1.69 bits per heavy atom. The van der Waals surface area contributed by atoms with Crippen molar-refractivity contribution in [2.75, 3.05) is 18.4 Å². The Balaban J connectivity index is 1.54. The minimum absolute atomic E-state index is 0.177. The molecule has 0 saturated carbocycles. The lowest BCUT2D eigenvalue weighted by Gasteiger charge is -2.32. The van der Waals surface area contributed by atoms with Crippen LogP contribution in [0.4, 0.5) is 5.69 Å². The van der Waals surface area contributed by atoms with Crippen molar-refractivity contribution in [2.45, 2.75) is 25.9 Å². The summed E-state index contributed by atoms with van der Waals surface area (Å²) in [6.07, 6.45) is 0.207. The molecule has 9 heteroatoms. The number of amides is 3. The molecule has 0 unspecified atom stereocenters. The molecule has 0 bridgehead atoms. The Kier molecular flexibility index (Phi) is 7.48. The normalized spacial score (nSPS) is 16.7. The largest absolute Gasteiger partial charge is 0.452 e. The molecule has 32 heavy (non-hydrogen) atoms. The number of nitrogens with zero attached hydrogens (tertiary/aromatic N) is 1. The first kappa shape index (κ1) is 23.3. The summed E-state index contributed by atoms with van der Waals surface area (Å²) in [6, 6.07) is 12.6. The summed E-state index contributed by atoms with van der Waals surface area (Å²) in [7, 11) is 0. The number of esters is 1. The molecule has 1 saturated heterocycles. The van der Waals surface area contributed by atoms with Gasteiger partial charge in [-0.15, -0.1) is 0 Å². The Morgan fingerprint density at radius 3 is 2.31 bits per heavy atom. The van der Waals surface area contributed by atoms with Gasteiger partial charge >= 0.3 is 5.97 Å². The minimum Gasteiger partial charge on any atom is -0.452 e. The summed E-state index contributed by atoms with van der Waals surface area (Å²) in [5, 5.41) is 3.17. The monoisotopic (exact) mass is 457 g/mol. The SMILES string of the molecule is C[C@@H](OC(=O)[C@H]1CCCN(C(=O)c2ccc(Cl)cc2)C1)C(=O)Nc1ccc(C(N)=O)cc1. The molecule has 8 nitrogen and oxygen atoms in total. The molecule has 2 aromatic carbocycles. The van der Waals surface area contributed by atoms with Gasteiger partial charge in [-0.1, -0.05) is 11.6 Å². The van der Waals surface area contributed by atoms with Gasteiger partial charge in [-0.25, -0.2) is 0 Å². The highest BCUT2D eigenvalue weighted by atomic mass is 35.5. The maximum Gasteiger partial charge on any atom is 0.311 e. The standard InChI is InChI=1S/C23H24ClN3O5/c1-14(21(29)26-19-10-6-15(7-11-19)20(25)28)32-23(31)17-3-2-12-27(13-17)22(30)16-4-8-18(24)9-5-16/h4-11,14,17H,2-3,12-13H2,1H3,(H2,25,28)(H,26,29)/t14-,17+/m1/s1. The highest BCUT2D eigenvalue weighted by molar-refractivity contribution is 6.30. The van der Waals surface area contributed by atoms with E-state index in [4.69, 9.17) is 22.1 Å². The number of halogens is 1. The summed E-state index contributed by atoms with van der Waals surface area (Å²) in [5.41, 5.74) is 6.45. The highest BCUT2D eigenvalue weighted by Crippen LogP contribution is 2.21. The number of hydrogen-bond donors (Lipinski definition) is 2. The van der Waals surface area contributed by atoms with Gasteiger partial charge in [-0.05, 0) is 68.3 Å². The van der Waals surface area contributed by atoms with Crippen LogP contribution >= 0.6 is 11.6 Å². The van der Waals surface area contributed by atoms with E-state index in [2.05, 4.69) is 5.32 Å². The van der Waals surface area contributed by atoms with Gasteiger partial charge in [0.2, 0.25) is 5.91 Å². The fourth-order valence-corrected chi connectivity index (χ4v) is 3.54. The van der Waals surface area contributed by atoms with Crippen molar-refractivity contribution in [1.29, 1.82) is 0 Å². The smallest absolute Gasteiger partial charge is 0.311 e. The van der Waals surface area contributed by atoms with Crippen LogP contribution in [-0.2, 0) is 14.3 Å². The van der Waals surface area contributed by atoms with Gasteiger partial charge in [0.15, 0.2) is 6.10 Å². The highest BCUT2D eigenvalue weighted by Gasteiger charge is 2.31. The van der Waals surface area contributed by atoms with Crippen LogP contribution in [0.5, 0.6) is 0 Å². The number of carbonyl (C=O) groups excluding carboxylic acids is 4. The lowest BCUT2D eigenvalue weighted by atomic mass is 9.97. The summed E-state index contributed by atoms with van der Waals surface area (Å²) in [6.45, 7) is 2.25. The number of nitrogens with two attached hydrogens (primary N) is 1. The molecular weight excluding hydrogens is 434 g/mol. The van der Waals surface area contributed by atoms with E-state index in [0.29, 0.717) is 41.2 Å². The van der Waals surface area contributed by atoms with Crippen LogP contribution in [0.15, 0.2) is 48.5 Å². The Hall–Kier alpha value is -3.39. The number of anilines is 1. The van der Waals surface area contributed by atoms with Gasteiger partial charge in [0.1, 0.15) is 0 Å². The predicted octanol–water partition coefficient (Wildman–Crippen LogP) is 2.86. The predicted molar refractivity (Wildman–Crippen MR) is 119 cm³/mol. The van der Waals surface area contributed by atoms with Gasteiger partial charge in [0.25, 0.3) is 11.8 Å². The van der Waals surface area contributed by atoms with Crippen LogP contribution < -0.4 is 11.1 Å². The molecule has 3 N–H and O–H groups in total. The molecule has 0 radical (unpaired) electrons. The first-order valence-corrected chi connectivity index (χ1v) is 10.6. The number of primary amides is 1. The second-order valence-electron chi connectivity index (χ2n) is 7.61. The molecule has 3 rings (SSSR count). The fourth-order valence-electron chi connectivity index (χ4n) is 3.41.